The fraction of sp³-hybridized carbons (Fsp3) is 0.421. The highest BCUT2D eigenvalue weighted by molar-refractivity contribution is 7.86. The molecule has 168 valence electrons. The molecule has 1 amide bonds. The van der Waals surface area contributed by atoms with Crippen LogP contribution in [0.15, 0.2) is 29.1 Å². The van der Waals surface area contributed by atoms with Gasteiger partial charge in [-0.05, 0) is 38.6 Å². The van der Waals surface area contributed by atoms with Crippen molar-refractivity contribution in [3.63, 3.8) is 0 Å². The molecular formula is C19H26N6O5S. The first-order valence-corrected chi connectivity index (χ1v) is 11.7. The Balaban J connectivity index is 1.89. The van der Waals surface area contributed by atoms with E-state index in [1.54, 1.807) is 24.3 Å². The molecular weight excluding hydrogens is 424 g/mol. The van der Waals surface area contributed by atoms with Crippen molar-refractivity contribution in [2.45, 2.75) is 19.3 Å². The lowest BCUT2D eigenvalue weighted by Crippen LogP contribution is -2.39. The summed E-state index contributed by atoms with van der Waals surface area (Å²) < 4.78 is 28.5. The third-order valence-corrected chi connectivity index (χ3v) is 5.00. The van der Waals surface area contributed by atoms with Gasteiger partial charge in [-0.25, -0.2) is 10.2 Å². The number of unbranched alkanes of at least 4 members (excludes halogenated alkanes) is 1. The van der Waals surface area contributed by atoms with Crippen LogP contribution in [0.5, 0.6) is 0 Å². The summed E-state index contributed by atoms with van der Waals surface area (Å²) in [4.78, 5) is 24.5. The molecule has 2 heterocycles. The Morgan fingerprint density at radius 2 is 2.13 bits per heavy atom. The first-order valence-electron chi connectivity index (χ1n) is 9.87. The minimum Gasteiger partial charge on any atom is -0.377 e. The maximum atomic E-state index is 12.2. The summed E-state index contributed by atoms with van der Waals surface area (Å²) in [6, 6.07) is 6.94. The number of nitrogens with zero attached hydrogens (tertiary/aromatic N) is 2. The lowest BCUT2D eigenvalue weighted by atomic mass is 10.1. The number of H-pyrrole nitrogens is 1. The normalized spacial score (nSPS) is 13.4. The molecule has 0 saturated carbocycles. The van der Waals surface area contributed by atoms with Gasteiger partial charge in [0.05, 0.1) is 12.8 Å². The van der Waals surface area contributed by atoms with Crippen molar-refractivity contribution in [1.82, 2.24) is 15.5 Å². The second kappa shape index (κ2) is 9.90. The van der Waals surface area contributed by atoms with Gasteiger partial charge in [-0.1, -0.05) is 12.1 Å². The molecule has 0 radical (unpaired) electrons. The van der Waals surface area contributed by atoms with Crippen molar-refractivity contribution < 1.29 is 17.5 Å². The number of carbonyl (C=O) groups is 1. The van der Waals surface area contributed by atoms with Crippen LogP contribution in [-0.4, -0.2) is 57.5 Å². The number of benzene rings is 1. The Labute approximate surface area is 180 Å². The number of carbonyl (C=O) groups excluding carboxylic acids is 1. The summed E-state index contributed by atoms with van der Waals surface area (Å²) in [5.74, 6) is -0.103. The molecule has 1 aliphatic heterocycles. The van der Waals surface area contributed by atoms with Crippen LogP contribution in [0.25, 0.3) is 11.3 Å². The predicted molar refractivity (Wildman–Crippen MR) is 118 cm³/mol. The number of nitrogens with one attached hydrogen (secondary N) is 4. The summed E-state index contributed by atoms with van der Waals surface area (Å²) in [5.41, 5.74) is 1.35. The van der Waals surface area contributed by atoms with Gasteiger partial charge in [0, 0.05) is 24.2 Å². The molecule has 31 heavy (non-hydrogen) atoms. The fourth-order valence-corrected chi connectivity index (χ4v) is 3.71. The van der Waals surface area contributed by atoms with Gasteiger partial charge >= 0.3 is 0 Å². The SMILES string of the molecule is CNCCCCC(=O)Nc1cccc(-c2n[nH]c(=O)c3c2N(OS(C)(=O)=O)CCN3)c1. The van der Waals surface area contributed by atoms with E-state index in [0.717, 1.165) is 30.7 Å². The number of rotatable bonds is 9. The molecule has 12 heteroatoms. The Morgan fingerprint density at radius 3 is 2.87 bits per heavy atom. The third-order valence-electron chi connectivity index (χ3n) is 4.55. The van der Waals surface area contributed by atoms with Crippen molar-refractivity contribution >= 4 is 33.1 Å². The highest BCUT2D eigenvalue weighted by atomic mass is 32.2. The van der Waals surface area contributed by atoms with Gasteiger partial charge in [-0.15, -0.1) is 4.28 Å². The third kappa shape index (κ3) is 6.03. The molecule has 0 fully saturated rings. The molecule has 0 aliphatic carbocycles. The van der Waals surface area contributed by atoms with Crippen LogP contribution in [0.1, 0.15) is 19.3 Å². The first kappa shape index (κ1) is 22.7. The van der Waals surface area contributed by atoms with Crippen LogP contribution in [0, 0.1) is 0 Å². The van der Waals surface area contributed by atoms with Crippen molar-refractivity contribution in [3.05, 3.63) is 34.6 Å². The van der Waals surface area contributed by atoms with E-state index in [-0.39, 0.29) is 23.8 Å². The van der Waals surface area contributed by atoms with Gasteiger partial charge in [0.2, 0.25) is 5.91 Å². The van der Waals surface area contributed by atoms with Crippen LogP contribution < -0.4 is 26.6 Å². The minimum absolute atomic E-state index is 0.103. The Morgan fingerprint density at radius 1 is 1.32 bits per heavy atom. The van der Waals surface area contributed by atoms with Gasteiger partial charge in [-0.3, -0.25) is 9.59 Å². The molecule has 1 aliphatic rings. The number of amides is 1. The molecule has 0 atom stereocenters. The topological polar surface area (TPSA) is 146 Å². The summed E-state index contributed by atoms with van der Waals surface area (Å²) in [5, 5.41) is 16.5. The quantitative estimate of drug-likeness (QED) is 0.409. The highest BCUT2D eigenvalue weighted by Gasteiger charge is 2.28. The van der Waals surface area contributed by atoms with E-state index >= 15 is 0 Å². The summed E-state index contributed by atoms with van der Waals surface area (Å²) >= 11 is 0. The maximum Gasteiger partial charge on any atom is 0.289 e. The summed E-state index contributed by atoms with van der Waals surface area (Å²) in [6.07, 6.45) is 3.01. The van der Waals surface area contributed by atoms with E-state index in [2.05, 4.69) is 26.1 Å². The molecule has 2 aromatic rings. The fourth-order valence-electron chi connectivity index (χ4n) is 3.24. The van der Waals surface area contributed by atoms with Crippen molar-refractivity contribution in [2.75, 3.05) is 48.6 Å². The lowest BCUT2D eigenvalue weighted by Gasteiger charge is -2.30. The zero-order valence-corrected chi connectivity index (χ0v) is 18.2. The Kier molecular flexibility index (Phi) is 7.25. The largest absolute Gasteiger partial charge is 0.377 e. The molecule has 3 rings (SSSR count). The van der Waals surface area contributed by atoms with Gasteiger partial charge in [0.15, 0.2) is 0 Å². The summed E-state index contributed by atoms with van der Waals surface area (Å²) in [7, 11) is -1.95. The van der Waals surface area contributed by atoms with Crippen LogP contribution >= 0.6 is 0 Å². The van der Waals surface area contributed by atoms with Crippen LogP contribution in [0.2, 0.25) is 0 Å². The Hall–Kier alpha value is -2.96. The van der Waals surface area contributed by atoms with Crippen LogP contribution in [0.3, 0.4) is 0 Å². The average Bonchev–Trinajstić information content (AvgIpc) is 2.71. The average molecular weight is 451 g/mol. The van der Waals surface area contributed by atoms with Gasteiger partial charge in [0.25, 0.3) is 15.7 Å². The smallest absolute Gasteiger partial charge is 0.289 e. The van der Waals surface area contributed by atoms with E-state index in [1.165, 1.54) is 0 Å². The molecule has 11 nitrogen and oxygen atoms in total. The monoisotopic (exact) mass is 450 g/mol. The number of aromatic nitrogens is 2. The van der Waals surface area contributed by atoms with Crippen LogP contribution in [0.4, 0.5) is 17.1 Å². The van der Waals surface area contributed by atoms with Gasteiger partial charge in [-0.2, -0.15) is 13.5 Å². The van der Waals surface area contributed by atoms with Crippen molar-refractivity contribution in [2.24, 2.45) is 0 Å². The Bertz CT molecular complexity index is 1100. The van der Waals surface area contributed by atoms with Crippen LogP contribution in [-0.2, 0) is 19.2 Å². The number of hydroxylamine groups is 1. The number of hydrogen-bond acceptors (Lipinski definition) is 9. The number of aromatic amines is 1. The first-order chi connectivity index (χ1) is 14.8. The van der Waals surface area contributed by atoms with Gasteiger partial charge < -0.3 is 16.0 Å². The second-order valence-electron chi connectivity index (χ2n) is 7.12. The van der Waals surface area contributed by atoms with E-state index < -0.39 is 15.7 Å². The zero-order valence-electron chi connectivity index (χ0n) is 17.4. The van der Waals surface area contributed by atoms with E-state index in [0.29, 0.717) is 29.9 Å². The number of anilines is 3. The minimum atomic E-state index is -3.82. The predicted octanol–water partition coefficient (Wildman–Crippen LogP) is 0.888. The standard InChI is InChI=1S/C19H26N6O5S/c1-20-9-4-3-8-15(26)22-14-7-5-6-13(12-14)16-18-17(19(27)24-23-16)21-10-11-25(18)30-31(2,28)29/h5-7,12,20-21H,3-4,8-11H2,1-2H3,(H,22,26)(H,24,27). The zero-order chi connectivity index (χ0) is 22.4. The molecule has 0 unspecified atom stereocenters. The number of hydrogen-bond donors (Lipinski definition) is 4. The maximum absolute atomic E-state index is 12.2. The van der Waals surface area contributed by atoms with E-state index in [4.69, 9.17) is 4.28 Å². The van der Waals surface area contributed by atoms with E-state index in [1.807, 2.05) is 7.05 Å². The second-order valence-corrected chi connectivity index (χ2v) is 8.68. The molecule has 4 N–H and O–H groups in total. The number of fused-ring (bicyclic) bond motifs is 1. The molecule has 1 aromatic heterocycles. The van der Waals surface area contributed by atoms with Gasteiger partial charge in [0.1, 0.15) is 17.1 Å². The molecule has 0 bridgehead atoms. The summed E-state index contributed by atoms with van der Waals surface area (Å²) in [6.45, 7) is 1.37. The van der Waals surface area contributed by atoms with E-state index in [9.17, 15) is 18.0 Å². The molecule has 0 saturated heterocycles. The highest BCUT2D eigenvalue weighted by Crippen LogP contribution is 2.36. The molecule has 0 spiro atoms. The molecule has 1 aromatic carbocycles. The lowest BCUT2D eigenvalue weighted by molar-refractivity contribution is -0.116. The van der Waals surface area contributed by atoms with Crippen molar-refractivity contribution in [1.29, 1.82) is 0 Å². The van der Waals surface area contributed by atoms with Crippen molar-refractivity contribution in [3.8, 4) is 11.3 Å².